The van der Waals surface area contributed by atoms with Crippen LogP contribution in [-0.2, 0) is 4.74 Å². The van der Waals surface area contributed by atoms with Crippen LogP contribution in [0.1, 0.15) is 12.8 Å². The van der Waals surface area contributed by atoms with Gasteiger partial charge in [-0.15, -0.1) is 0 Å². The molecule has 0 aromatic heterocycles. The summed E-state index contributed by atoms with van der Waals surface area (Å²) in [4.78, 5) is 2.19. The van der Waals surface area contributed by atoms with Crippen molar-refractivity contribution < 1.29 is 4.74 Å². The molecule has 0 fully saturated rings. The third-order valence-corrected chi connectivity index (χ3v) is 2.44. The standard InChI is InChI=1S/C12H20N2O/c1-14(9-5-6-10-15-2)12-8-4-3-7-11(12)13/h3-4,7-8H,5-6,9-10,13H2,1-2H3. The van der Waals surface area contributed by atoms with Crippen LogP contribution in [0.2, 0.25) is 0 Å². The lowest BCUT2D eigenvalue weighted by atomic mass is 10.2. The molecule has 0 unspecified atom stereocenters. The topological polar surface area (TPSA) is 38.5 Å². The number of hydrogen-bond donors (Lipinski definition) is 1. The minimum Gasteiger partial charge on any atom is -0.397 e. The predicted molar refractivity (Wildman–Crippen MR) is 65.2 cm³/mol. The maximum Gasteiger partial charge on any atom is 0.0597 e. The Hall–Kier alpha value is -1.22. The third-order valence-electron chi connectivity index (χ3n) is 2.44. The van der Waals surface area contributed by atoms with Gasteiger partial charge in [-0.1, -0.05) is 12.1 Å². The third kappa shape index (κ3) is 3.80. The van der Waals surface area contributed by atoms with E-state index in [4.69, 9.17) is 10.5 Å². The normalized spacial score (nSPS) is 10.3. The van der Waals surface area contributed by atoms with Crippen LogP contribution in [0.3, 0.4) is 0 Å². The second kappa shape index (κ2) is 6.30. The molecular weight excluding hydrogens is 188 g/mol. The molecule has 1 aromatic carbocycles. The Balaban J connectivity index is 2.40. The molecule has 0 spiro atoms. The molecule has 1 rings (SSSR count). The van der Waals surface area contributed by atoms with Gasteiger partial charge in [0, 0.05) is 27.3 Å². The van der Waals surface area contributed by atoms with E-state index in [1.54, 1.807) is 7.11 Å². The Morgan fingerprint density at radius 1 is 1.27 bits per heavy atom. The van der Waals surface area contributed by atoms with E-state index in [0.29, 0.717) is 0 Å². The van der Waals surface area contributed by atoms with Gasteiger partial charge < -0.3 is 15.4 Å². The molecular formula is C12H20N2O. The number of benzene rings is 1. The molecule has 0 aliphatic rings. The molecule has 0 radical (unpaired) electrons. The van der Waals surface area contributed by atoms with Gasteiger partial charge in [0.2, 0.25) is 0 Å². The zero-order chi connectivity index (χ0) is 11.1. The van der Waals surface area contributed by atoms with E-state index in [-0.39, 0.29) is 0 Å². The van der Waals surface area contributed by atoms with Gasteiger partial charge in [-0.3, -0.25) is 0 Å². The van der Waals surface area contributed by atoms with Crippen LogP contribution in [0.5, 0.6) is 0 Å². The maximum atomic E-state index is 5.89. The van der Waals surface area contributed by atoms with Gasteiger partial charge in [-0.05, 0) is 25.0 Å². The van der Waals surface area contributed by atoms with Crippen LogP contribution in [-0.4, -0.2) is 27.3 Å². The van der Waals surface area contributed by atoms with Gasteiger partial charge in [0.15, 0.2) is 0 Å². The zero-order valence-corrected chi connectivity index (χ0v) is 9.57. The van der Waals surface area contributed by atoms with Crippen molar-refractivity contribution in [3.8, 4) is 0 Å². The molecule has 0 aliphatic carbocycles. The van der Waals surface area contributed by atoms with Crippen LogP contribution in [0.15, 0.2) is 24.3 Å². The Kier molecular flexibility index (Phi) is 4.98. The molecule has 84 valence electrons. The van der Waals surface area contributed by atoms with Crippen molar-refractivity contribution in [1.29, 1.82) is 0 Å². The summed E-state index contributed by atoms with van der Waals surface area (Å²) in [6, 6.07) is 7.95. The number of nitrogens with zero attached hydrogens (tertiary/aromatic N) is 1. The Morgan fingerprint density at radius 2 is 2.00 bits per heavy atom. The number of anilines is 2. The van der Waals surface area contributed by atoms with Gasteiger partial charge in [0.1, 0.15) is 0 Å². The highest BCUT2D eigenvalue weighted by Crippen LogP contribution is 2.21. The highest BCUT2D eigenvalue weighted by atomic mass is 16.5. The first-order valence-electron chi connectivity index (χ1n) is 5.30. The molecule has 0 aliphatic heterocycles. The maximum absolute atomic E-state index is 5.89. The molecule has 0 heterocycles. The van der Waals surface area contributed by atoms with Crippen LogP contribution in [0, 0.1) is 0 Å². The minimum atomic E-state index is 0.831. The van der Waals surface area contributed by atoms with E-state index < -0.39 is 0 Å². The van der Waals surface area contributed by atoms with E-state index in [9.17, 15) is 0 Å². The Bertz CT molecular complexity index is 289. The lowest BCUT2D eigenvalue weighted by Gasteiger charge is -2.20. The van der Waals surface area contributed by atoms with Crippen molar-refractivity contribution >= 4 is 11.4 Å². The van der Waals surface area contributed by atoms with Gasteiger partial charge in [-0.25, -0.2) is 0 Å². The molecule has 0 bridgehead atoms. The van der Waals surface area contributed by atoms with Crippen molar-refractivity contribution in [3.63, 3.8) is 0 Å². The molecule has 15 heavy (non-hydrogen) atoms. The summed E-state index contributed by atoms with van der Waals surface area (Å²) < 4.78 is 5.01. The fourth-order valence-electron chi connectivity index (χ4n) is 1.55. The summed E-state index contributed by atoms with van der Waals surface area (Å²) >= 11 is 0. The van der Waals surface area contributed by atoms with E-state index >= 15 is 0 Å². The average molecular weight is 208 g/mol. The number of nitrogen functional groups attached to an aromatic ring is 1. The van der Waals surface area contributed by atoms with Crippen molar-refractivity contribution in [2.75, 3.05) is 37.9 Å². The number of ether oxygens (including phenoxy) is 1. The predicted octanol–water partition coefficient (Wildman–Crippen LogP) is 2.13. The number of hydrogen-bond acceptors (Lipinski definition) is 3. The number of para-hydroxylation sites is 2. The average Bonchev–Trinajstić information content (AvgIpc) is 2.25. The highest BCUT2D eigenvalue weighted by molar-refractivity contribution is 5.66. The summed E-state index contributed by atoms with van der Waals surface area (Å²) in [5.41, 5.74) is 7.83. The summed E-state index contributed by atoms with van der Waals surface area (Å²) in [7, 11) is 3.80. The second-order valence-electron chi connectivity index (χ2n) is 3.68. The van der Waals surface area contributed by atoms with E-state index in [1.165, 1.54) is 0 Å². The molecule has 3 nitrogen and oxygen atoms in total. The summed E-state index contributed by atoms with van der Waals surface area (Å²) in [6.07, 6.45) is 2.21. The number of unbranched alkanes of at least 4 members (excludes halogenated alkanes) is 1. The molecule has 0 atom stereocenters. The van der Waals surface area contributed by atoms with E-state index in [1.807, 2.05) is 24.3 Å². The van der Waals surface area contributed by atoms with Crippen molar-refractivity contribution in [3.05, 3.63) is 24.3 Å². The summed E-state index contributed by atoms with van der Waals surface area (Å²) in [5.74, 6) is 0. The van der Waals surface area contributed by atoms with Crippen molar-refractivity contribution in [2.24, 2.45) is 0 Å². The second-order valence-corrected chi connectivity index (χ2v) is 3.68. The lowest BCUT2D eigenvalue weighted by molar-refractivity contribution is 0.193. The molecule has 2 N–H and O–H groups in total. The largest absolute Gasteiger partial charge is 0.397 e. The Labute approximate surface area is 91.8 Å². The first kappa shape index (κ1) is 11.9. The lowest BCUT2D eigenvalue weighted by Crippen LogP contribution is -2.19. The van der Waals surface area contributed by atoms with E-state index in [2.05, 4.69) is 11.9 Å². The number of rotatable bonds is 6. The zero-order valence-electron chi connectivity index (χ0n) is 9.57. The van der Waals surface area contributed by atoms with Crippen LogP contribution < -0.4 is 10.6 Å². The monoisotopic (exact) mass is 208 g/mol. The number of nitrogens with two attached hydrogens (primary N) is 1. The molecule has 3 heteroatoms. The molecule has 0 amide bonds. The van der Waals surface area contributed by atoms with Gasteiger partial charge in [0.05, 0.1) is 11.4 Å². The highest BCUT2D eigenvalue weighted by Gasteiger charge is 2.03. The first-order valence-corrected chi connectivity index (χ1v) is 5.30. The van der Waals surface area contributed by atoms with Crippen LogP contribution in [0.25, 0.3) is 0 Å². The summed E-state index contributed by atoms with van der Waals surface area (Å²) in [5, 5.41) is 0. The van der Waals surface area contributed by atoms with Crippen LogP contribution >= 0.6 is 0 Å². The van der Waals surface area contributed by atoms with Crippen molar-refractivity contribution in [2.45, 2.75) is 12.8 Å². The van der Waals surface area contributed by atoms with Crippen LogP contribution in [0.4, 0.5) is 11.4 Å². The van der Waals surface area contributed by atoms with Crippen molar-refractivity contribution in [1.82, 2.24) is 0 Å². The molecule has 1 aromatic rings. The summed E-state index contributed by atoms with van der Waals surface area (Å²) in [6.45, 7) is 1.84. The Morgan fingerprint density at radius 3 is 2.67 bits per heavy atom. The van der Waals surface area contributed by atoms with Gasteiger partial charge in [0.25, 0.3) is 0 Å². The van der Waals surface area contributed by atoms with Gasteiger partial charge in [-0.2, -0.15) is 0 Å². The number of methoxy groups -OCH3 is 1. The quantitative estimate of drug-likeness (QED) is 0.575. The molecule has 0 saturated heterocycles. The van der Waals surface area contributed by atoms with E-state index in [0.717, 1.165) is 37.4 Å². The molecule has 0 saturated carbocycles. The van der Waals surface area contributed by atoms with Gasteiger partial charge >= 0.3 is 0 Å². The fourth-order valence-corrected chi connectivity index (χ4v) is 1.55. The SMILES string of the molecule is COCCCCN(C)c1ccccc1N. The smallest absolute Gasteiger partial charge is 0.0597 e. The first-order chi connectivity index (χ1) is 7.25. The fraction of sp³-hybridized carbons (Fsp3) is 0.500. The minimum absolute atomic E-state index is 0.831.